The molecule has 0 bridgehead atoms. The lowest BCUT2D eigenvalue weighted by molar-refractivity contribution is 1.09. The Labute approximate surface area is 81.0 Å². The third kappa shape index (κ3) is 1.70. The molecule has 6 nitrogen and oxygen atoms in total. The van der Waals surface area contributed by atoms with Gasteiger partial charge in [-0.15, -0.1) is 0 Å². The maximum Gasteiger partial charge on any atom is 0.179 e. The molecule has 14 heavy (non-hydrogen) atoms. The van der Waals surface area contributed by atoms with Gasteiger partial charge in [0.05, 0.1) is 0 Å². The van der Waals surface area contributed by atoms with Gasteiger partial charge in [-0.1, -0.05) is 0 Å². The summed E-state index contributed by atoms with van der Waals surface area (Å²) in [6.45, 7) is 2.49. The van der Waals surface area contributed by atoms with Gasteiger partial charge in [0.25, 0.3) is 0 Å². The predicted octanol–water partition coefficient (Wildman–Crippen LogP) is 0.234. The van der Waals surface area contributed by atoms with E-state index in [0.717, 1.165) is 0 Å². The molecular weight excluding hydrogens is 180 g/mol. The fraction of sp³-hybridized carbons (Fsp3) is 0.250. The molecule has 1 aromatic rings. The molecule has 0 saturated heterocycles. The van der Waals surface area contributed by atoms with Crippen LogP contribution < -0.4 is 11.1 Å². The van der Waals surface area contributed by atoms with Gasteiger partial charge in [-0.3, -0.25) is 0 Å². The molecule has 0 aliphatic rings. The number of hydrogen-bond acceptors (Lipinski definition) is 6. The van der Waals surface area contributed by atoms with E-state index in [9.17, 15) is 0 Å². The summed E-state index contributed by atoms with van der Waals surface area (Å²) in [5, 5.41) is 20.1. The molecule has 0 saturated carbocycles. The van der Waals surface area contributed by atoms with Crippen LogP contribution in [-0.2, 0) is 0 Å². The summed E-state index contributed by atoms with van der Waals surface area (Å²) in [6.07, 6.45) is 0. The van der Waals surface area contributed by atoms with Gasteiger partial charge in [0.1, 0.15) is 12.1 Å². The average Bonchev–Trinajstić information content (AvgIpc) is 2.20. The lowest BCUT2D eigenvalue weighted by Gasteiger charge is -2.05. The molecule has 3 N–H and O–H groups in total. The molecule has 0 aliphatic heterocycles. The molecule has 0 aromatic carbocycles. The van der Waals surface area contributed by atoms with E-state index >= 15 is 0 Å². The number of anilines is 2. The second-order valence-corrected chi connectivity index (χ2v) is 2.41. The molecule has 0 amide bonds. The Kier molecular flexibility index (Phi) is 2.82. The van der Waals surface area contributed by atoms with Gasteiger partial charge >= 0.3 is 0 Å². The fourth-order valence-corrected chi connectivity index (χ4v) is 0.902. The first-order chi connectivity index (χ1) is 6.72. The van der Waals surface area contributed by atoms with Crippen LogP contribution in [-0.4, -0.2) is 16.5 Å². The van der Waals surface area contributed by atoms with E-state index in [0.29, 0.717) is 12.4 Å². The number of rotatable bonds is 2. The van der Waals surface area contributed by atoms with Crippen molar-refractivity contribution in [3.63, 3.8) is 0 Å². The zero-order valence-electron chi connectivity index (χ0n) is 7.57. The van der Waals surface area contributed by atoms with Gasteiger partial charge in [0, 0.05) is 6.54 Å². The number of nitrogens with zero attached hydrogens (tertiary/aromatic N) is 4. The van der Waals surface area contributed by atoms with Crippen LogP contribution in [0, 0.1) is 22.7 Å². The highest BCUT2D eigenvalue weighted by Gasteiger charge is 2.09. The Morgan fingerprint density at radius 2 is 1.86 bits per heavy atom. The van der Waals surface area contributed by atoms with Crippen molar-refractivity contribution in [3.05, 3.63) is 11.4 Å². The zero-order chi connectivity index (χ0) is 10.6. The summed E-state index contributed by atoms with van der Waals surface area (Å²) in [5.74, 6) is 0.463. The van der Waals surface area contributed by atoms with E-state index in [-0.39, 0.29) is 17.2 Å². The maximum atomic E-state index is 8.66. The molecule has 1 heterocycles. The van der Waals surface area contributed by atoms with Crippen LogP contribution in [0.25, 0.3) is 0 Å². The smallest absolute Gasteiger partial charge is 0.179 e. The highest BCUT2D eigenvalue weighted by molar-refractivity contribution is 5.59. The standard InChI is InChI=1S/C8H8N6/c1-2-12-8-7(11)13-5(3-9)6(4-10)14-8/h2H2,1H3,(H2,11,13)(H,12,14). The monoisotopic (exact) mass is 188 g/mol. The Bertz CT molecular complexity index is 425. The van der Waals surface area contributed by atoms with Crippen molar-refractivity contribution in [1.29, 1.82) is 10.5 Å². The van der Waals surface area contributed by atoms with Crippen LogP contribution in [0.3, 0.4) is 0 Å². The number of nitrogens with one attached hydrogen (secondary N) is 1. The van der Waals surface area contributed by atoms with E-state index in [2.05, 4.69) is 15.3 Å². The molecule has 0 spiro atoms. The minimum absolute atomic E-state index is 0.0161. The number of aromatic nitrogens is 2. The van der Waals surface area contributed by atoms with Crippen molar-refractivity contribution in [2.75, 3.05) is 17.6 Å². The van der Waals surface area contributed by atoms with E-state index in [4.69, 9.17) is 16.3 Å². The Balaban J connectivity index is 3.27. The van der Waals surface area contributed by atoms with Crippen molar-refractivity contribution >= 4 is 11.6 Å². The Hall–Kier alpha value is -2.34. The number of nitrogens with two attached hydrogens (primary N) is 1. The first-order valence-electron chi connectivity index (χ1n) is 3.94. The zero-order valence-corrected chi connectivity index (χ0v) is 7.57. The van der Waals surface area contributed by atoms with Crippen molar-refractivity contribution in [2.45, 2.75) is 6.92 Å². The number of hydrogen-bond donors (Lipinski definition) is 2. The lowest BCUT2D eigenvalue weighted by atomic mass is 10.3. The van der Waals surface area contributed by atoms with Crippen LogP contribution in [0.4, 0.5) is 11.6 Å². The second kappa shape index (κ2) is 4.06. The first kappa shape index (κ1) is 9.75. The van der Waals surface area contributed by atoms with Gasteiger partial charge in [0.15, 0.2) is 23.0 Å². The molecule has 6 heteroatoms. The summed E-state index contributed by atoms with van der Waals surface area (Å²) < 4.78 is 0. The van der Waals surface area contributed by atoms with Gasteiger partial charge in [-0.25, -0.2) is 9.97 Å². The lowest BCUT2D eigenvalue weighted by Crippen LogP contribution is -2.08. The summed E-state index contributed by atoms with van der Waals surface area (Å²) in [7, 11) is 0. The molecule has 1 aromatic heterocycles. The second-order valence-electron chi connectivity index (χ2n) is 2.41. The largest absolute Gasteiger partial charge is 0.381 e. The fourth-order valence-electron chi connectivity index (χ4n) is 0.902. The molecule has 0 fully saturated rings. The topological polar surface area (TPSA) is 111 Å². The van der Waals surface area contributed by atoms with Crippen LogP contribution in [0.2, 0.25) is 0 Å². The normalized spacial score (nSPS) is 8.79. The third-order valence-electron chi connectivity index (χ3n) is 1.48. The summed E-state index contributed by atoms with van der Waals surface area (Å²) in [6, 6.07) is 3.53. The molecule has 1 rings (SSSR count). The van der Waals surface area contributed by atoms with Gasteiger partial charge < -0.3 is 11.1 Å². The van der Waals surface area contributed by atoms with Crippen LogP contribution in [0.1, 0.15) is 18.3 Å². The molecule has 0 radical (unpaired) electrons. The third-order valence-corrected chi connectivity index (χ3v) is 1.48. The van der Waals surface area contributed by atoms with Gasteiger partial charge in [-0.05, 0) is 6.92 Å². The van der Waals surface area contributed by atoms with Gasteiger partial charge in [-0.2, -0.15) is 10.5 Å². The summed E-state index contributed by atoms with van der Waals surface area (Å²) in [4.78, 5) is 7.62. The van der Waals surface area contributed by atoms with E-state index in [1.54, 1.807) is 12.1 Å². The quantitative estimate of drug-likeness (QED) is 0.687. The van der Waals surface area contributed by atoms with Crippen LogP contribution in [0.15, 0.2) is 0 Å². The summed E-state index contributed by atoms with van der Waals surface area (Å²) >= 11 is 0. The first-order valence-corrected chi connectivity index (χ1v) is 3.94. The minimum Gasteiger partial charge on any atom is -0.381 e. The van der Waals surface area contributed by atoms with E-state index < -0.39 is 0 Å². The van der Waals surface area contributed by atoms with Crippen molar-refractivity contribution in [1.82, 2.24) is 9.97 Å². The Morgan fingerprint density at radius 3 is 2.36 bits per heavy atom. The molecule has 0 unspecified atom stereocenters. The van der Waals surface area contributed by atoms with E-state index in [1.807, 2.05) is 6.92 Å². The van der Waals surface area contributed by atoms with Crippen molar-refractivity contribution in [3.8, 4) is 12.1 Å². The average molecular weight is 188 g/mol. The van der Waals surface area contributed by atoms with Crippen molar-refractivity contribution < 1.29 is 0 Å². The number of nitriles is 2. The Morgan fingerprint density at radius 1 is 1.29 bits per heavy atom. The SMILES string of the molecule is CCNc1nc(C#N)c(C#N)nc1N. The maximum absolute atomic E-state index is 8.66. The number of nitrogen functional groups attached to an aromatic ring is 1. The van der Waals surface area contributed by atoms with E-state index in [1.165, 1.54) is 0 Å². The highest BCUT2D eigenvalue weighted by Crippen LogP contribution is 2.14. The van der Waals surface area contributed by atoms with Crippen molar-refractivity contribution in [2.24, 2.45) is 0 Å². The van der Waals surface area contributed by atoms with Crippen LogP contribution in [0.5, 0.6) is 0 Å². The van der Waals surface area contributed by atoms with Crippen LogP contribution >= 0.6 is 0 Å². The molecule has 0 aliphatic carbocycles. The summed E-state index contributed by atoms with van der Waals surface area (Å²) in [5.41, 5.74) is 5.44. The predicted molar refractivity (Wildman–Crippen MR) is 50.0 cm³/mol. The molecule has 70 valence electrons. The minimum atomic E-state index is -0.0494. The molecule has 0 atom stereocenters. The highest BCUT2D eigenvalue weighted by atomic mass is 15.1. The van der Waals surface area contributed by atoms with Gasteiger partial charge in [0.2, 0.25) is 0 Å². The molecular formula is C8H8N6.